The minimum Gasteiger partial charge on any atom is -0.370 e. The van der Waals surface area contributed by atoms with Crippen LogP contribution in [0.5, 0.6) is 0 Å². The molecule has 1 aromatic rings. The molecule has 2 N–H and O–H groups in total. The molecule has 0 atom stereocenters. The molecule has 0 aromatic carbocycles. The molecule has 0 radical (unpaired) electrons. The van der Waals surface area contributed by atoms with Crippen molar-refractivity contribution in [3.63, 3.8) is 0 Å². The molecule has 0 aliphatic heterocycles. The summed E-state index contributed by atoms with van der Waals surface area (Å²) >= 11 is 0. The van der Waals surface area contributed by atoms with Gasteiger partial charge < -0.3 is 10.6 Å². The first-order chi connectivity index (χ1) is 9.42. The van der Waals surface area contributed by atoms with Crippen molar-refractivity contribution in [1.82, 2.24) is 10.3 Å². The fourth-order valence-electron chi connectivity index (χ4n) is 1.58. The number of hydrogen-bond acceptors (Lipinski definition) is 3. The average molecular weight is 289 g/mol. The molecule has 1 rings (SSSR count). The lowest BCUT2D eigenvalue weighted by molar-refractivity contribution is -0.135. The Hall–Kier alpha value is -1.79. The van der Waals surface area contributed by atoms with Gasteiger partial charge in [-0.15, -0.1) is 0 Å². The van der Waals surface area contributed by atoms with Gasteiger partial charge in [0.15, 0.2) is 0 Å². The number of amides is 1. The van der Waals surface area contributed by atoms with Crippen LogP contribution in [-0.2, 0) is 0 Å². The fraction of sp³-hybridized carbons (Fsp3) is 0.538. The lowest BCUT2D eigenvalue weighted by atomic mass is 10.2. The minimum atomic E-state index is -4.13. The van der Waals surface area contributed by atoms with Gasteiger partial charge in [-0.1, -0.05) is 6.07 Å². The lowest BCUT2D eigenvalue weighted by Gasteiger charge is -2.08. The van der Waals surface area contributed by atoms with Crippen molar-refractivity contribution >= 4 is 11.7 Å². The number of unbranched alkanes of at least 4 members (excludes halogenated alkanes) is 1. The predicted octanol–water partition coefficient (Wildman–Crippen LogP) is 2.98. The largest absolute Gasteiger partial charge is 0.389 e. The SMILES string of the molecule is CCNc1cccc(C(=O)NCCCCC(F)(F)F)n1. The summed E-state index contributed by atoms with van der Waals surface area (Å²) in [5, 5.41) is 5.54. The van der Waals surface area contributed by atoms with Crippen molar-refractivity contribution in [3.8, 4) is 0 Å². The Labute approximate surface area is 115 Å². The third-order valence-electron chi connectivity index (χ3n) is 2.51. The van der Waals surface area contributed by atoms with Crippen LogP contribution >= 0.6 is 0 Å². The standard InChI is InChI=1S/C13H18F3N3O/c1-2-17-11-7-5-6-10(19-11)12(20)18-9-4-3-8-13(14,15)16/h5-7H,2-4,8-9H2,1H3,(H,17,19)(H,18,20). The molecule has 20 heavy (non-hydrogen) atoms. The Balaban J connectivity index is 2.34. The monoisotopic (exact) mass is 289 g/mol. The Bertz CT molecular complexity index is 435. The molecule has 1 heterocycles. The highest BCUT2D eigenvalue weighted by Gasteiger charge is 2.25. The second-order valence-corrected chi connectivity index (χ2v) is 4.27. The van der Waals surface area contributed by atoms with Crippen LogP contribution in [0.2, 0.25) is 0 Å². The van der Waals surface area contributed by atoms with Gasteiger partial charge in [0.25, 0.3) is 5.91 Å². The summed E-state index contributed by atoms with van der Waals surface area (Å²) in [6.45, 7) is 2.81. The van der Waals surface area contributed by atoms with Gasteiger partial charge in [-0.2, -0.15) is 13.2 Å². The van der Waals surface area contributed by atoms with E-state index in [0.29, 0.717) is 12.4 Å². The smallest absolute Gasteiger partial charge is 0.370 e. The topological polar surface area (TPSA) is 54.0 Å². The summed E-state index contributed by atoms with van der Waals surface area (Å²) in [6.07, 6.45) is -4.66. The van der Waals surface area contributed by atoms with Gasteiger partial charge in [0.1, 0.15) is 11.5 Å². The summed E-state index contributed by atoms with van der Waals surface area (Å²) in [5.74, 6) is 0.217. The van der Waals surface area contributed by atoms with Crippen molar-refractivity contribution in [1.29, 1.82) is 0 Å². The van der Waals surface area contributed by atoms with E-state index in [1.807, 2.05) is 6.92 Å². The molecule has 1 amide bonds. The van der Waals surface area contributed by atoms with Gasteiger partial charge >= 0.3 is 6.18 Å². The summed E-state index contributed by atoms with van der Waals surface area (Å²) in [6, 6.07) is 5.00. The van der Waals surface area contributed by atoms with E-state index < -0.39 is 12.6 Å². The van der Waals surface area contributed by atoms with Gasteiger partial charge in [0.05, 0.1) is 0 Å². The molecule has 1 aromatic heterocycles. The molecule has 0 saturated carbocycles. The van der Waals surface area contributed by atoms with Crippen LogP contribution in [-0.4, -0.2) is 30.2 Å². The molecule has 0 saturated heterocycles. The van der Waals surface area contributed by atoms with Crippen LogP contribution < -0.4 is 10.6 Å². The van der Waals surface area contributed by atoms with Gasteiger partial charge in [-0.3, -0.25) is 4.79 Å². The summed E-state index contributed by atoms with van der Waals surface area (Å²) in [5.41, 5.74) is 0.249. The first-order valence-electron chi connectivity index (χ1n) is 6.48. The Kier molecular flexibility index (Phi) is 6.27. The number of alkyl halides is 3. The third-order valence-corrected chi connectivity index (χ3v) is 2.51. The maximum Gasteiger partial charge on any atom is 0.389 e. The highest BCUT2D eigenvalue weighted by atomic mass is 19.4. The van der Waals surface area contributed by atoms with Crippen LogP contribution in [0.4, 0.5) is 19.0 Å². The van der Waals surface area contributed by atoms with Crippen molar-refractivity contribution in [2.24, 2.45) is 0 Å². The number of nitrogens with zero attached hydrogens (tertiary/aromatic N) is 1. The number of pyridine rings is 1. The highest BCUT2D eigenvalue weighted by molar-refractivity contribution is 5.92. The summed E-state index contributed by atoms with van der Waals surface area (Å²) < 4.78 is 35.8. The molecular weight excluding hydrogens is 271 g/mol. The molecule has 4 nitrogen and oxygen atoms in total. The number of carbonyl (C=O) groups excluding carboxylic acids is 1. The molecule has 0 aliphatic rings. The van der Waals surface area contributed by atoms with Gasteiger partial charge in [-0.05, 0) is 31.9 Å². The zero-order valence-electron chi connectivity index (χ0n) is 11.3. The van der Waals surface area contributed by atoms with Crippen molar-refractivity contribution in [2.75, 3.05) is 18.4 Å². The second kappa shape index (κ2) is 7.72. The van der Waals surface area contributed by atoms with E-state index in [4.69, 9.17) is 0 Å². The van der Waals surface area contributed by atoms with Gasteiger partial charge in [0, 0.05) is 19.5 Å². The van der Waals surface area contributed by atoms with Crippen LogP contribution in [0.15, 0.2) is 18.2 Å². The first-order valence-corrected chi connectivity index (χ1v) is 6.48. The maximum absolute atomic E-state index is 11.9. The molecule has 0 aliphatic carbocycles. The van der Waals surface area contributed by atoms with Crippen LogP contribution in [0.3, 0.4) is 0 Å². The molecule has 0 fully saturated rings. The number of rotatable bonds is 7. The van der Waals surface area contributed by atoms with Gasteiger partial charge in [-0.25, -0.2) is 4.98 Å². The van der Waals surface area contributed by atoms with E-state index in [-0.39, 0.29) is 31.0 Å². The second-order valence-electron chi connectivity index (χ2n) is 4.27. The van der Waals surface area contributed by atoms with Crippen LogP contribution in [0, 0.1) is 0 Å². The number of hydrogen-bond donors (Lipinski definition) is 2. The quantitative estimate of drug-likeness (QED) is 0.759. The summed E-state index contributed by atoms with van der Waals surface area (Å²) in [7, 11) is 0. The van der Waals surface area contributed by atoms with E-state index in [9.17, 15) is 18.0 Å². The van der Waals surface area contributed by atoms with E-state index >= 15 is 0 Å². The molecule has 112 valence electrons. The van der Waals surface area contributed by atoms with E-state index in [0.717, 1.165) is 0 Å². The Morgan fingerprint density at radius 1 is 1.30 bits per heavy atom. The molecule has 7 heteroatoms. The number of halogens is 3. The van der Waals surface area contributed by atoms with Crippen molar-refractivity contribution < 1.29 is 18.0 Å². The predicted molar refractivity (Wildman–Crippen MR) is 70.6 cm³/mol. The third kappa shape index (κ3) is 6.40. The first kappa shape index (κ1) is 16.3. The normalized spacial score (nSPS) is 11.2. The number of anilines is 1. The fourth-order valence-corrected chi connectivity index (χ4v) is 1.58. The van der Waals surface area contributed by atoms with Crippen LogP contribution in [0.25, 0.3) is 0 Å². The minimum absolute atomic E-state index is 0.00857. The number of carbonyl (C=O) groups is 1. The molecular formula is C13H18F3N3O. The summed E-state index contributed by atoms with van der Waals surface area (Å²) in [4.78, 5) is 15.8. The zero-order valence-corrected chi connectivity index (χ0v) is 11.3. The van der Waals surface area contributed by atoms with Crippen molar-refractivity contribution in [2.45, 2.75) is 32.4 Å². The average Bonchev–Trinajstić information content (AvgIpc) is 2.37. The van der Waals surface area contributed by atoms with Gasteiger partial charge in [0.2, 0.25) is 0 Å². The molecule has 0 unspecified atom stereocenters. The highest BCUT2D eigenvalue weighted by Crippen LogP contribution is 2.21. The van der Waals surface area contributed by atoms with E-state index in [2.05, 4.69) is 15.6 Å². The molecule has 0 spiro atoms. The van der Waals surface area contributed by atoms with E-state index in [1.165, 1.54) is 0 Å². The van der Waals surface area contributed by atoms with Crippen molar-refractivity contribution in [3.05, 3.63) is 23.9 Å². The number of nitrogens with one attached hydrogen (secondary N) is 2. The zero-order chi connectivity index (χ0) is 15.0. The lowest BCUT2D eigenvalue weighted by Crippen LogP contribution is -2.25. The maximum atomic E-state index is 11.9. The van der Waals surface area contributed by atoms with Crippen LogP contribution in [0.1, 0.15) is 36.7 Å². The number of aromatic nitrogens is 1. The molecule has 0 bridgehead atoms. The van der Waals surface area contributed by atoms with E-state index in [1.54, 1.807) is 18.2 Å². The Morgan fingerprint density at radius 2 is 2.05 bits per heavy atom. The Morgan fingerprint density at radius 3 is 2.70 bits per heavy atom.